The van der Waals surface area contributed by atoms with Gasteiger partial charge in [-0.15, -0.1) is 0 Å². The number of carbonyl (C=O) groups excluding carboxylic acids is 1. The van der Waals surface area contributed by atoms with Gasteiger partial charge in [0.05, 0.1) is 0 Å². The van der Waals surface area contributed by atoms with Crippen molar-refractivity contribution in [2.24, 2.45) is 5.92 Å². The second kappa shape index (κ2) is 4.28. The Morgan fingerprint density at radius 2 is 2.43 bits per heavy atom. The number of hydrogen-bond acceptors (Lipinski definition) is 3. The minimum atomic E-state index is 0.304. The first kappa shape index (κ1) is 9.93. The number of nitrogens with one attached hydrogen (secondary N) is 1. The Morgan fingerprint density at radius 3 is 3.07 bits per heavy atom. The lowest BCUT2D eigenvalue weighted by Crippen LogP contribution is -2.42. The van der Waals surface area contributed by atoms with E-state index in [9.17, 15) is 4.79 Å². The van der Waals surface area contributed by atoms with Crippen LogP contribution in [0.2, 0.25) is 0 Å². The fraction of sp³-hybridized carbons (Fsp3) is 0.900. The lowest BCUT2D eigenvalue weighted by Gasteiger charge is -2.28. The van der Waals surface area contributed by atoms with Gasteiger partial charge in [-0.2, -0.15) is 0 Å². The van der Waals surface area contributed by atoms with Crippen molar-refractivity contribution in [3.05, 3.63) is 0 Å². The summed E-state index contributed by atoms with van der Waals surface area (Å²) in [5.74, 6) is 0.963. The summed E-state index contributed by atoms with van der Waals surface area (Å²) in [6.07, 6.45) is 1.91. The Balaban J connectivity index is 1.90. The predicted octanol–water partition coefficient (Wildman–Crippen LogP) is 0.0651. The molecule has 1 amide bonds. The Morgan fingerprint density at radius 1 is 1.57 bits per heavy atom. The first-order chi connectivity index (χ1) is 6.81. The average Bonchev–Trinajstić information content (AvgIpc) is 2.79. The molecule has 0 aromatic heterocycles. The SMILES string of the molecule is CCN1CCC(=O)N1CC1CCNC1. The highest BCUT2D eigenvalue weighted by Crippen LogP contribution is 2.17. The van der Waals surface area contributed by atoms with Gasteiger partial charge in [0.25, 0.3) is 0 Å². The summed E-state index contributed by atoms with van der Waals surface area (Å²) in [5, 5.41) is 7.46. The second-order valence-corrected chi connectivity index (χ2v) is 4.13. The molecule has 2 aliphatic rings. The van der Waals surface area contributed by atoms with Gasteiger partial charge < -0.3 is 5.32 Å². The van der Waals surface area contributed by atoms with E-state index in [1.165, 1.54) is 6.42 Å². The molecular formula is C10H19N3O. The van der Waals surface area contributed by atoms with E-state index >= 15 is 0 Å². The molecule has 0 aliphatic carbocycles. The summed E-state index contributed by atoms with van der Waals surface area (Å²) in [6.45, 7) is 7.07. The lowest BCUT2D eigenvalue weighted by atomic mass is 10.1. The van der Waals surface area contributed by atoms with Crippen LogP contribution in [0.4, 0.5) is 0 Å². The van der Waals surface area contributed by atoms with Crippen LogP contribution in [-0.4, -0.2) is 48.6 Å². The van der Waals surface area contributed by atoms with Crippen LogP contribution in [-0.2, 0) is 4.79 Å². The molecule has 0 saturated carbocycles. The quantitative estimate of drug-likeness (QED) is 0.695. The zero-order valence-electron chi connectivity index (χ0n) is 8.83. The Hall–Kier alpha value is -0.610. The Labute approximate surface area is 85.2 Å². The number of carbonyl (C=O) groups is 1. The maximum atomic E-state index is 11.6. The lowest BCUT2D eigenvalue weighted by molar-refractivity contribution is -0.138. The van der Waals surface area contributed by atoms with Gasteiger partial charge in [0.2, 0.25) is 5.91 Å². The summed E-state index contributed by atoms with van der Waals surface area (Å²) in [5.41, 5.74) is 0. The van der Waals surface area contributed by atoms with Gasteiger partial charge >= 0.3 is 0 Å². The largest absolute Gasteiger partial charge is 0.316 e. The standard InChI is InChI=1S/C10H19N3O/c1-2-12-6-4-10(14)13(12)8-9-3-5-11-7-9/h9,11H,2-8H2,1H3. The highest BCUT2D eigenvalue weighted by atomic mass is 16.2. The highest BCUT2D eigenvalue weighted by Gasteiger charge is 2.30. The van der Waals surface area contributed by atoms with Crippen molar-refractivity contribution in [3.63, 3.8) is 0 Å². The molecule has 2 fully saturated rings. The first-order valence-electron chi connectivity index (χ1n) is 5.57. The van der Waals surface area contributed by atoms with Gasteiger partial charge in [0.1, 0.15) is 0 Å². The van der Waals surface area contributed by atoms with Crippen molar-refractivity contribution in [3.8, 4) is 0 Å². The average molecular weight is 197 g/mol. The van der Waals surface area contributed by atoms with Crippen LogP contribution < -0.4 is 5.32 Å². The first-order valence-corrected chi connectivity index (χ1v) is 5.57. The zero-order chi connectivity index (χ0) is 9.97. The van der Waals surface area contributed by atoms with E-state index < -0.39 is 0 Å². The summed E-state index contributed by atoms with van der Waals surface area (Å²) < 4.78 is 0. The summed E-state index contributed by atoms with van der Waals surface area (Å²) in [6, 6.07) is 0. The Bertz CT molecular complexity index is 213. The molecule has 1 unspecified atom stereocenters. The topological polar surface area (TPSA) is 35.6 Å². The van der Waals surface area contributed by atoms with Crippen LogP contribution in [0.25, 0.3) is 0 Å². The van der Waals surface area contributed by atoms with Crippen molar-refractivity contribution in [2.75, 3.05) is 32.7 Å². The van der Waals surface area contributed by atoms with Gasteiger partial charge in [-0.1, -0.05) is 6.92 Å². The molecule has 2 rings (SSSR count). The van der Waals surface area contributed by atoms with Crippen molar-refractivity contribution in [2.45, 2.75) is 19.8 Å². The monoisotopic (exact) mass is 197 g/mol. The molecule has 0 aromatic rings. The van der Waals surface area contributed by atoms with Crippen molar-refractivity contribution < 1.29 is 4.79 Å². The maximum Gasteiger partial charge on any atom is 0.238 e. The third-order valence-corrected chi connectivity index (χ3v) is 3.17. The molecule has 2 aliphatic heterocycles. The number of hydrogen-bond donors (Lipinski definition) is 1. The second-order valence-electron chi connectivity index (χ2n) is 4.13. The zero-order valence-corrected chi connectivity index (χ0v) is 8.83. The molecule has 0 aromatic carbocycles. The van der Waals surface area contributed by atoms with E-state index in [0.29, 0.717) is 18.2 Å². The van der Waals surface area contributed by atoms with Crippen LogP contribution in [0.3, 0.4) is 0 Å². The van der Waals surface area contributed by atoms with E-state index in [0.717, 1.165) is 32.7 Å². The van der Waals surface area contributed by atoms with Gasteiger partial charge in [0.15, 0.2) is 0 Å². The summed E-state index contributed by atoms with van der Waals surface area (Å²) in [7, 11) is 0. The van der Waals surface area contributed by atoms with Gasteiger partial charge in [-0.05, 0) is 25.4 Å². The van der Waals surface area contributed by atoms with Crippen molar-refractivity contribution >= 4 is 5.91 Å². The molecule has 4 heteroatoms. The number of nitrogens with zero attached hydrogens (tertiary/aromatic N) is 2. The van der Waals surface area contributed by atoms with Crippen molar-refractivity contribution in [1.82, 2.24) is 15.3 Å². The molecule has 2 heterocycles. The fourth-order valence-corrected chi connectivity index (χ4v) is 2.29. The van der Waals surface area contributed by atoms with E-state index in [4.69, 9.17) is 0 Å². The molecule has 0 spiro atoms. The normalized spacial score (nSPS) is 29.1. The van der Waals surface area contributed by atoms with E-state index in [2.05, 4.69) is 17.2 Å². The third-order valence-electron chi connectivity index (χ3n) is 3.17. The highest BCUT2D eigenvalue weighted by molar-refractivity contribution is 5.77. The maximum absolute atomic E-state index is 11.6. The van der Waals surface area contributed by atoms with Crippen LogP contribution in [0.5, 0.6) is 0 Å². The van der Waals surface area contributed by atoms with Crippen molar-refractivity contribution in [1.29, 1.82) is 0 Å². The molecule has 1 N–H and O–H groups in total. The summed E-state index contributed by atoms with van der Waals surface area (Å²) >= 11 is 0. The van der Waals surface area contributed by atoms with E-state index in [1.807, 2.05) is 5.01 Å². The molecule has 0 bridgehead atoms. The fourth-order valence-electron chi connectivity index (χ4n) is 2.29. The van der Waals surface area contributed by atoms with Crippen LogP contribution in [0.1, 0.15) is 19.8 Å². The molecule has 1 atom stereocenters. The smallest absolute Gasteiger partial charge is 0.238 e. The Kier molecular flexibility index (Phi) is 3.03. The molecule has 80 valence electrons. The number of rotatable bonds is 3. The molecule has 0 radical (unpaired) electrons. The minimum Gasteiger partial charge on any atom is -0.316 e. The minimum absolute atomic E-state index is 0.304. The van der Waals surface area contributed by atoms with Gasteiger partial charge in [-0.3, -0.25) is 9.80 Å². The third kappa shape index (κ3) is 1.91. The van der Waals surface area contributed by atoms with Crippen LogP contribution in [0.15, 0.2) is 0 Å². The molecular weight excluding hydrogens is 178 g/mol. The predicted molar refractivity (Wildman–Crippen MR) is 54.6 cm³/mol. The van der Waals surface area contributed by atoms with Gasteiger partial charge in [0, 0.05) is 26.1 Å². The van der Waals surface area contributed by atoms with E-state index in [-0.39, 0.29) is 0 Å². The van der Waals surface area contributed by atoms with Gasteiger partial charge in [-0.25, -0.2) is 5.01 Å². The van der Waals surface area contributed by atoms with E-state index in [1.54, 1.807) is 0 Å². The number of hydrazine groups is 1. The number of amides is 1. The summed E-state index contributed by atoms with van der Waals surface area (Å²) in [4.78, 5) is 11.6. The van der Waals surface area contributed by atoms with Crippen LogP contribution in [0, 0.1) is 5.92 Å². The molecule has 14 heavy (non-hydrogen) atoms. The van der Waals surface area contributed by atoms with Crippen LogP contribution >= 0.6 is 0 Å². The molecule has 4 nitrogen and oxygen atoms in total. The molecule has 2 saturated heterocycles.